The van der Waals surface area contributed by atoms with Crippen molar-refractivity contribution in [2.24, 2.45) is 0 Å². The first kappa shape index (κ1) is 18.0. The van der Waals surface area contributed by atoms with Crippen LogP contribution in [0.25, 0.3) is 0 Å². The number of hydrogen-bond acceptors (Lipinski definition) is 4. The highest BCUT2D eigenvalue weighted by Gasteiger charge is 2.24. The molecule has 1 rings (SSSR count). The molecule has 1 heterocycles. The van der Waals surface area contributed by atoms with Crippen LogP contribution in [0, 0.1) is 0 Å². The minimum atomic E-state index is -1.13. The van der Waals surface area contributed by atoms with Crippen LogP contribution in [0.2, 0.25) is 15.1 Å². The summed E-state index contributed by atoms with van der Waals surface area (Å²) < 4.78 is 0. The minimum Gasteiger partial charge on any atom is -0.480 e. The van der Waals surface area contributed by atoms with Crippen molar-refractivity contribution in [1.29, 1.82) is 0 Å². The van der Waals surface area contributed by atoms with Crippen LogP contribution in [0.4, 0.5) is 0 Å². The Hall–Kier alpha value is -1.08. The first-order valence-electron chi connectivity index (χ1n) is 5.89. The molecule has 1 N–H and O–H groups in total. The predicted molar refractivity (Wildman–Crippen MR) is 81.4 cm³/mol. The molecule has 116 valence electrons. The Bertz CT molecular complexity index is 552. The van der Waals surface area contributed by atoms with Crippen molar-refractivity contribution >= 4 is 46.7 Å². The Balaban J connectivity index is 3.04. The van der Waals surface area contributed by atoms with Crippen molar-refractivity contribution in [2.75, 3.05) is 33.7 Å². The van der Waals surface area contributed by atoms with Gasteiger partial charge in [0.15, 0.2) is 0 Å². The Morgan fingerprint density at radius 3 is 2.33 bits per heavy atom. The van der Waals surface area contributed by atoms with Gasteiger partial charge in [-0.3, -0.25) is 9.59 Å². The third-order valence-corrected chi connectivity index (χ3v) is 3.79. The normalized spacial score (nSPS) is 10.8. The highest BCUT2D eigenvalue weighted by molar-refractivity contribution is 6.48. The number of pyridine rings is 1. The third-order valence-electron chi connectivity index (χ3n) is 2.55. The van der Waals surface area contributed by atoms with E-state index in [0.29, 0.717) is 6.54 Å². The van der Waals surface area contributed by atoms with Crippen molar-refractivity contribution in [2.45, 2.75) is 0 Å². The molecule has 1 aromatic heterocycles. The number of carboxylic acids is 1. The maximum atomic E-state index is 12.4. The number of carbonyl (C=O) groups is 2. The molecule has 21 heavy (non-hydrogen) atoms. The van der Waals surface area contributed by atoms with Gasteiger partial charge in [-0.2, -0.15) is 0 Å². The molecule has 0 aromatic carbocycles. The number of carboxylic acid groups (broad SMARTS) is 1. The smallest absolute Gasteiger partial charge is 0.323 e. The molecule has 0 atom stereocenters. The molecule has 0 fully saturated rings. The van der Waals surface area contributed by atoms with Gasteiger partial charge < -0.3 is 14.9 Å². The zero-order chi connectivity index (χ0) is 16.2. The molecular weight excluding hydrogens is 341 g/mol. The molecule has 0 spiro atoms. The number of rotatable bonds is 6. The van der Waals surface area contributed by atoms with E-state index in [2.05, 4.69) is 4.98 Å². The quantitative estimate of drug-likeness (QED) is 0.847. The van der Waals surface area contributed by atoms with Gasteiger partial charge in [-0.25, -0.2) is 4.98 Å². The van der Waals surface area contributed by atoms with E-state index in [1.807, 2.05) is 19.0 Å². The lowest BCUT2D eigenvalue weighted by Crippen LogP contribution is -2.40. The summed E-state index contributed by atoms with van der Waals surface area (Å²) in [5.41, 5.74) is -0.119. The number of aliphatic carboxylic acids is 1. The summed E-state index contributed by atoms with van der Waals surface area (Å²) in [6.45, 7) is 0.263. The van der Waals surface area contributed by atoms with Gasteiger partial charge in [0.2, 0.25) is 0 Å². The van der Waals surface area contributed by atoms with Crippen molar-refractivity contribution in [1.82, 2.24) is 14.8 Å². The SMILES string of the molecule is CN(C)CCN(CC(=O)O)C(=O)c1ncc(Cl)c(Cl)c1Cl. The Kier molecular flexibility index (Phi) is 6.67. The molecule has 0 aliphatic rings. The summed E-state index contributed by atoms with van der Waals surface area (Å²) in [4.78, 5) is 30.1. The first-order valence-corrected chi connectivity index (χ1v) is 7.02. The number of aromatic nitrogens is 1. The topological polar surface area (TPSA) is 73.7 Å². The molecule has 0 bridgehead atoms. The average molecular weight is 355 g/mol. The van der Waals surface area contributed by atoms with E-state index >= 15 is 0 Å². The Labute approximate surface area is 137 Å². The first-order chi connectivity index (χ1) is 9.73. The standard InChI is InChI=1S/C12H14Cl3N3O3/c1-17(2)3-4-18(6-8(19)20)12(21)11-10(15)9(14)7(13)5-16-11/h5H,3-4,6H2,1-2H3,(H,19,20). The number of likely N-dealkylation sites (N-methyl/N-ethyl adjacent to an activating group) is 1. The highest BCUT2D eigenvalue weighted by Crippen LogP contribution is 2.31. The lowest BCUT2D eigenvalue weighted by atomic mass is 10.3. The van der Waals surface area contributed by atoms with Crippen LogP contribution in [-0.4, -0.2) is 65.5 Å². The third kappa shape index (κ3) is 5.00. The number of amides is 1. The highest BCUT2D eigenvalue weighted by atomic mass is 35.5. The van der Waals surface area contributed by atoms with Crippen LogP contribution >= 0.6 is 34.8 Å². The largest absolute Gasteiger partial charge is 0.480 e. The van der Waals surface area contributed by atoms with Gasteiger partial charge in [-0.05, 0) is 14.1 Å². The van der Waals surface area contributed by atoms with E-state index in [-0.39, 0.29) is 27.3 Å². The van der Waals surface area contributed by atoms with Gasteiger partial charge in [-0.15, -0.1) is 0 Å². The molecule has 6 nitrogen and oxygen atoms in total. The number of carbonyl (C=O) groups excluding carboxylic acids is 1. The molecule has 0 radical (unpaired) electrons. The van der Waals surface area contributed by atoms with Gasteiger partial charge in [0.05, 0.1) is 15.1 Å². The van der Waals surface area contributed by atoms with Crippen LogP contribution in [0.15, 0.2) is 6.20 Å². The number of nitrogens with zero attached hydrogens (tertiary/aromatic N) is 3. The van der Waals surface area contributed by atoms with E-state index in [9.17, 15) is 9.59 Å². The van der Waals surface area contributed by atoms with E-state index < -0.39 is 18.4 Å². The average Bonchev–Trinajstić information content (AvgIpc) is 2.39. The summed E-state index contributed by atoms with van der Waals surface area (Å²) >= 11 is 17.6. The summed E-state index contributed by atoms with van der Waals surface area (Å²) in [7, 11) is 3.63. The van der Waals surface area contributed by atoms with Crippen molar-refractivity contribution in [3.63, 3.8) is 0 Å². The second-order valence-electron chi connectivity index (χ2n) is 4.51. The van der Waals surface area contributed by atoms with E-state index in [4.69, 9.17) is 39.9 Å². The Morgan fingerprint density at radius 1 is 1.19 bits per heavy atom. The van der Waals surface area contributed by atoms with Crippen LogP contribution in [-0.2, 0) is 4.79 Å². The summed E-state index contributed by atoms with van der Waals surface area (Å²) in [6, 6.07) is 0. The summed E-state index contributed by atoms with van der Waals surface area (Å²) in [5.74, 6) is -1.74. The van der Waals surface area contributed by atoms with Gasteiger partial charge in [-0.1, -0.05) is 34.8 Å². The van der Waals surface area contributed by atoms with E-state index in [1.165, 1.54) is 6.20 Å². The Morgan fingerprint density at radius 2 is 1.81 bits per heavy atom. The zero-order valence-electron chi connectivity index (χ0n) is 11.4. The van der Waals surface area contributed by atoms with Crippen molar-refractivity contribution < 1.29 is 14.7 Å². The molecule has 0 unspecified atom stereocenters. The predicted octanol–water partition coefficient (Wildman–Crippen LogP) is 2.13. The second kappa shape index (κ2) is 7.79. The molecule has 1 amide bonds. The fourth-order valence-electron chi connectivity index (χ4n) is 1.48. The van der Waals surface area contributed by atoms with Gasteiger partial charge in [0.25, 0.3) is 5.91 Å². The minimum absolute atomic E-state index is 0.0135. The van der Waals surface area contributed by atoms with Crippen molar-refractivity contribution in [3.05, 3.63) is 27.0 Å². The fraction of sp³-hybridized carbons (Fsp3) is 0.417. The maximum absolute atomic E-state index is 12.4. The lowest BCUT2D eigenvalue weighted by molar-refractivity contribution is -0.137. The number of hydrogen-bond donors (Lipinski definition) is 1. The second-order valence-corrected chi connectivity index (χ2v) is 5.67. The number of halogens is 3. The fourth-order valence-corrected chi connectivity index (χ4v) is 2.04. The van der Waals surface area contributed by atoms with Crippen LogP contribution in [0.5, 0.6) is 0 Å². The molecule has 1 aromatic rings. The molecular formula is C12H14Cl3N3O3. The zero-order valence-corrected chi connectivity index (χ0v) is 13.7. The van der Waals surface area contributed by atoms with Gasteiger partial charge >= 0.3 is 5.97 Å². The summed E-state index contributed by atoms with van der Waals surface area (Å²) in [6.07, 6.45) is 1.20. The molecule has 0 aliphatic carbocycles. The van der Waals surface area contributed by atoms with E-state index in [0.717, 1.165) is 4.90 Å². The monoisotopic (exact) mass is 353 g/mol. The van der Waals surface area contributed by atoms with Crippen molar-refractivity contribution in [3.8, 4) is 0 Å². The van der Waals surface area contributed by atoms with Crippen LogP contribution < -0.4 is 0 Å². The van der Waals surface area contributed by atoms with Crippen LogP contribution in [0.1, 0.15) is 10.5 Å². The lowest BCUT2D eigenvalue weighted by Gasteiger charge is -2.22. The molecule has 0 saturated carbocycles. The van der Waals surface area contributed by atoms with E-state index in [1.54, 1.807) is 0 Å². The van der Waals surface area contributed by atoms with Crippen LogP contribution in [0.3, 0.4) is 0 Å². The van der Waals surface area contributed by atoms with Gasteiger partial charge in [0.1, 0.15) is 12.2 Å². The summed E-state index contributed by atoms with van der Waals surface area (Å²) in [5, 5.41) is 8.95. The van der Waals surface area contributed by atoms with Gasteiger partial charge in [0, 0.05) is 19.3 Å². The molecule has 9 heteroatoms. The maximum Gasteiger partial charge on any atom is 0.323 e. The molecule has 0 aliphatic heterocycles. The molecule has 0 saturated heterocycles.